The number of urea groups is 1. The van der Waals surface area contributed by atoms with Crippen molar-refractivity contribution < 1.29 is 14.7 Å². The SMILES string of the molecule is O=C(Nc1ccc(Br)cc1Br)Nc1cccnc1C(=O)O. The topological polar surface area (TPSA) is 91.3 Å². The highest BCUT2D eigenvalue weighted by Crippen LogP contribution is 2.26. The second kappa shape index (κ2) is 6.68. The van der Waals surface area contributed by atoms with Crippen LogP contribution in [0.3, 0.4) is 0 Å². The number of hydrogen-bond donors (Lipinski definition) is 3. The molecule has 0 radical (unpaired) electrons. The Hall–Kier alpha value is -1.93. The van der Waals surface area contributed by atoms with Gasteiger partial charge >= 0.3 is 12.0 Å². The molecule has 0 aliphatic carbocycles. The number of amides is 2. The summed E-state index contributed by atoms with van der Waals surface area (Å²) in [5.41, 5.74) is 0.453. The van der Waals surface area contributed by atoms with E-state index in [2.05, 4.69) is 47.5 Å². The molecule has 21 heavy (non-hydrogen) atoms. The molecule has 0 unspecified atom stereocenters. The van der Waals surface area contributed by atoms with Crippen molar-refractivity contribution >= 4 is 55.2 Å². The Bertz CT molecular complexity index is 707. The number of carbonyl (C=O) groups is 2. The lowest BCUT2D eigenvalue weighted by atomic mass is 10.3. The van der Waals surface area contributed by atoms with Gasteiger partial charge in [0.1, 0.15) is 0 Å². The Morgan fingerprint density at radius 1 is 1.10 bits per heavy atom. The number of rotatable bonds is 3. The number of aromatic carboxylic acids is 1. The molecule has 8 heteroatoms. The Labute approximate surface area is 136 Å². The molecule has 0 aliphatic rings. The van der Waals surface area contributed by atoms with Gasteiger partial charge in [-0.25, -0.2) is 14.6 Å². The molecule has 0 saturated carbocycles. The van der Waals surface area contributed by atoms with Crippen LogP contribution in [-0.4, -0.2) is 22.1 Å². The van der Waals surface area contributed by atoms with Crippen LogP contribution in [0.15, 0.2) is 45.5 Å². The van der Waals surface area contributed by atoms with Crippen molar-refractivity contribution in [1.29, 1.82) is 0 Å². The average Bonchev–Trinajstić information content (AvgIpc) is 2.42. The van der Waals surface area contributed by atoms with Crippen LogP contribution in [0.5, 0.6) is 0 Å². The van der Waals surface area contributed by atoms with Gasteiger partial charge in [-0.2, -0.15) is 0 Å². The van der Waals surface area contributed by atoms with E-state index >= 15 is 0 Å². The smallest absolute Gasteiger partial charge is 0.356 e. The number of carboxylic acid groups (broad SMARTS) is 1. The standard InChI is InChI=1S/C13H9Br2N3O3/c14-7-3-4-9(8(15)6-7)17-13(21)18-10-2-1-5-16-11(10)12(19)20/h1-6H,(H,19,20)(H2,17,18,21). The molecule has 3 N–H and O–H groups in total. The van der Waals surface area contributed by atoms with Crippen molar-refractivity contribution in [3.05, 3.63) is 51.2 Å². The highest BCUT2D eigenvalue weighted by atomic mass is 79.9. The van der Waals surface area contributed by atoms with Crippen LogP contribution in [0.2, 0.25) is 0 Å². The average molecular weight is 415 g/mol. The van der Waals surface area contributed by atoms with Gasteiger partial charge in [-0.3, -0.25) is 0 Å². The molecule has 1 aromatic heterocycles. The number of aromatic nitrogens is 1. The maximum Gasteiger partial charge on any atom is 0.356 e. The largest absolute Gasteiger partial charge is 0.476 e. The lowest BCUT2D eigenvalue weighted by molar-refractivity contribution is 0.0692. The van der Waals surface area contributed by atoms with Gasteiger partial charge in [0.2, 0.25) is 0 Å². The number of nitrogens with one attached hydrogen (secondary N) is 2. The first-order valence-electron chi connectivity index (χ1n) is 5.69. The van der Waals surface area contributed by atoms with Crippen molar-refractivity contribution in [2.75, 3.05) is 10.6 Å². The van der Waals surface area contributed by atoms with E-state index in [1.807, 2.05) is 0 Å². The second-order valence-corrected chi connectivity index (χ2v) is 5.68. The lowest BCUT2D eigenvalue weighted by Gasteiger charge is -2.10. The molecule has 2 aromatic rings. The molecule has 0 saturated heterocycles. The van der Waals surface area contributed by atoms with Crippen molar-refractivity contribution in [3.8, 4) is 0 Å². The van der Waals surface area contributed by atoms with Gasteiger partial charge in [0.15, 0.2) is 5.69 Å². The molecular formula is C13H9Br2N3O3. The summed E-state index contributed by atoms with van der Waals surface area (Å²) in [6.45, 7) is 0. The minimum absolute atomic E-state index is 0.121. The summed E-state index contributed by atoms with van der Waals surface area (Å²) in [5.74, 6) is -1.21. The van der Waals surface area contributed by atoms with Crippen LogP contribution < -0.4 is 10.6 Å². The zero-order chi connectivity index (χ0) is 15.4. The van der Waals surface area contributed by atoms with E-state index in [0.29, 0.717) is 10.2 Å². The minimum Gasteiger partial charge on any atom is -0.476 e. The molecule has 1 heterocycles. The minimum atomic E-state index is -1.21. The zero-order valence-corrected chi connectivity index (χ0v) is 13.6. The third-order valence-electron chi connectivity index (χ3n) is 2.44. The summed E-state index contributed by atoms with van der Waals surface area (Å²) >= 11 is 6.63. The summed E-state index contributed by atoms with van der Waals surface area (Å²) in [4.78, 5) is 26.6. The van der Waals surface area contributed by atoms with Crippen molar-refractivity contribution in [3.63, 3.8) is 0 Å². The van der Waals surface area contributed by atoms with Crippen LogP contribution in [0.25, 0.3) is 0 Å². The van der Waals surface area contributed by atoms with Crippen LogP contribution in [-0.2, 0) is 0 Å². The summed E-state index contributed by atoms with van der Waals surface area (Å²) in [6, 6.07) is 7.70. The van der Waals surface area contributed by atoms with Gasteiger partial charge in [-0.15, -0.1) is 0 Å². The van der Waals surface area contributed by atoms with E-state index in [1.165, 1.54) is 18.3 Å². The predicted molar refractivity (Wildman–Crippen MR) is 85.7 cm³/mol. The van der Waals surface area contributed by atoms with E-state index in [4.69, 9.17) is 5.11 Å². The maximum atomic E-state index is 11.9. The van der Waals surface area contributed by atoms with Crippen molar-refractivity contribution in [2.45, 2.75) is 0 Å². The van der Waals surface area contributed by atoms with E-state index in [0.717, 1.165) is 4.47 Å². The summed E-state index contributed by atoms with van der Waals surface area (Å²) in [7, 11) is 0. The number of hydrogen-bond acceptors (Lipinski definition) is 3. The third-order valence-corrected chi connectivity index (χ3v) is 3.59. The number of halogens is 2. The van der Waals surface area contributed by atoms with Crippen LogP contribution >= 0.6 is 31.9 Å². The first-order chi connectivity index (χ1) is 9.97. The Morgan fingerprint density at radius 2 is 1.81 bits per heavy atom. The van der Waals surface area contributed by atoms with E-state index in [-0.39, 0.29) is 11.4 Å². The highest BCUT2D eigenvalue weighted by molar-refractivity contribution is 9.11. The van der Waals surface area contributed by atoms with Gasteiger partial charge in [-0.05, 0) is 46.3 Å². The van der Waals surface area contributed by atoms with Crippen LogP contribution in [0, 0.1) is 0 Å². The van der Waals surface area contributed by atoms with E-state index in [1.54, 1.807) is 18.2 Å². The zero-order valence-electron chi connectivity index (χ0n) is 10.4. The Kier molecular flexibility index (Phi) is 4.92. The molecular weight excluding hydrogens is 406 g/mol. The quantitative estimate of drug-likeness (QED) is 0.709. The van der Waals surface area contributed by atoms with Crippen LogP contribution in [0.1, 0.15) is 10.5 Å². The first kappa shape index (κ1) is 15.5. The molecule has 1 aromatic carbocycles. The second-order valence-electron chi connectivity index (χ2n) is 3.91. The fraction of sp³-hybridized carbons (Fsp3) is 0. The van der Waals surface area contributed by atoms with Gasteiger partial charge in [-0.1, -0.05) is 15.9 Å². The molecule has 0 atom stereocenters. The number of carbonyl (C=O) groups excluding carboxylic acids is 1. The summed E-state index contributed by atoms with van der Waals surface area (Å²) in [5, 5.41) is 14.1. The number of pyridine rings is 1. The highest BCUT2D eigenvalue weighted by Gasteiger charge is 2.13. The van der Waals surface area contributed by atoms with Gasteiger partial charge in [0.05, 0.1) is 11.4 Å². The van der Waals surface area contributed by atoms with Crippen LogP contribution in [0.4, 0.5) is 16.2 Å². The summed E-state index contributed by atoms with van der Waals surface area (Å²) in [6.07, 6.45) is 1.35. The number of anilines is 2. The fourth-order valence-electron chi connectivity index (χ4n) is 1.54. The molecule has 108 valence electrons. The summed E-state index contributed by atoms with van der Waals surface area (Å²) < 4.78 is 1.55. The number of benzene rings is 1. The third kappa shape index (κ3) is 4.02. The normalized spacial score (nSPS) is 10.0. The van der Waals surface area contributed by atoms with E-state index in [9.17, 15) is 9.59 Å². The predicted octanol–water partition coefficient (Wildman–Crippen LogP) is 3.95. The molecule has 0 spiro atoms. The first-order valence-corrected chi connectivity index (χ1v) is 7.27. The van der Waals surface area contributed by atoms with Gasteiger partial charge in [0, 0.05) is 15.1 Å². The Balaban J connectivity index is 2.14. The van der Waals surface area contributed by atoms with Gasteiger partial charge < -0.3 is 15.7 Å². The molecule has 0 fully saturated rings. The molecule has 2 amide bonds. The molecule has 2 rings (SSSR count). The van der Waals surface area contributed by atoms with Crippen molar-refractivity contribution in [1.82, 2.24) is 4.98 Å². The van der Waals surface area contributed by atoms with Crippen molar-refractivity contribution in [2.24, 2.45) is 0 Å². The number of nitrogens with zero attached hydrogens (tertiary/aromatic N) is 1. The van der Waals surface area contributed by atoms with Gasteiger partial charge in [0.25, 0.3) is 0 Å². The molecule has 0 bridgehead atoms. The monoisotopic (exact) mass is 413 g/mol. The number of carboxylic acids is 1. The fourth-order valence-corrected chi connectivity index (χ4v) is 2.69. The Morgan fingerprint density at radius 3 is 2.48 bits per heavy atom. The molecule has 0 aliphatic heterocycles. The lowest BCUT2D eigenvalue weighted by Crippen LogP contribution is -2.21. The molecule has 6 nitrogen and oxygen atoms in total. The maximum absolute atomic E-state index is 11.9. The van der Waals surface area contributed by atoms with E-state index < -0.39 is 12.0 Å².